The van der Waals surface area contributed by atoms with Crippen molar-refractivity contribution in [2.24, 2.45) is 0 Å². The van der Waals surface area contributed by atoms with Crippen LogP contribution < -0.4 is 4.74 Å². The van der Waals surface area contributed by atoms with Crippen molar-refractivity contribution in [2.75, 3.05) is 0 Å². The first kappa shape index (κ1) is 28.0. The Morgan fingerprint density at radius 1 is 0.469 bits per heavy atom. The second-order valence-corrected chi connectivity index (χ2v) is 13.1. The van der Waals surface area contributed by atoms with Crippen LogP contribution in [-0.2, 0) is 5.41 Å². The maximum atomic E-state index is 6.77. The summed E-state index contributed by atoms with van der Waals surface area (Å²) in [6, 6.07) is 57.0. The summed E-state index contributed by atoms with van der Waals surface area (Å²) in [5.41, 5.74) is 11.0. The van der Waals surface area contributed by atoms with Gasteiger partial charge in [-0.25, -0.2) is 9.97 Å². The molecule has 3 nitrogen and oxygen atoms in total. The highest BCUT2D eigenvalue weighted by Gasteiger charge is 2.51. The molecule has 0 saturated heterocycles. The molecule has 0 N–H and O–H groups in total. The number of para-hydroxylation sites is 1. The first-order valence-electron chi connectivity index (χ1n) is 16.4. The zero-order valence-electron chi connectivity index (χ0n) is 26.3. The Kier molecular flexibility index (Phi) is 6.15. The molecule has 1 aliphatic heterocycles. The minimum Gasteiger partial charge on any atom is -0.457 e. The van der Waals surface area contributed by atoms with E-state index in [0.29, 0.717) is 10.8 Å². The molecule has 49 heavy (non-hydrogen) atoms. The average molecular weight is 647 g/mol. The van der Waals surface area contributed by atoms with Gasteiger partial charge in [0.05, 0.1) is 16.8 Å². The molecule has 1 atom stereocenters. The second-order valence-electron chi connectivity index (χ2n) is 12.6. The van der Waals surface area contributed by atoms with Crippen LogP contribution in [0.2, 0.25) is 5.02 Å². The third-order valence-corrected chi connectivity index (χ3v) is 10.3. The van der Waals surface area contributed by atoms with E-state index in [0.717, 1.165) is 67.0 Å². The number of halogens is 1. The fourth-order valence-corrected chi connectivity index (χ4v) is 8.19. The first-order valence-corrected chi connectivity index (χ1v) is 16.8. The number of rotatable bonds is 3. The number of nitrogens with zero attached hydrogens (tertiary/aromatic N) is 2. The van der Waals surface area contributed by atoms with E-state index in [2.05, 4.69) is 140 Å². The summed E-state index contributed by atoms with van der Waals surface area (Å²) >= 11 is 6.77. The monoisotopic (exact) mass is 646 g/mol. The Labute approximate surface area is 289 Å². The summed E-state index contributed by atoms with van der Waals surface area (Å²) in [6.07, 6.45) is 0. The number of aromatic nitrogens is 2. The van der Waals surface area contributed by atoms with Crippen molar-refractivity contribution in [3.8, 4) is 56.5 Å². The summed E-state index contributed by atoms with van der Waals surface area (Å²) in [7, 11) is 0. The standard InChI is InChI=1S/C45H27ClN2O/c46-30-24-25-42-38(26-30)45(36-21-8-9-23-41(36)49-42)35-20-7-6-17-33(35)43-34(19-11-22-37(43)45)40-27-39(29-13-2-1-3-14-29)47-44(48-40)32-18-10-15-28-12-4-5-16-31(28)32/h1-27H. The Bertz CT molecular complexity index is 2610. The molecule has 1 aromatic heterocycles. The van der Waals surface area contributed by atoms with Crippen molar-refractivity contribution in [3.05, 3.63) is 191 Å². The summed E-state index contributed by atoms with van der Waals surface area (Å²) < 4.78 is 6.55. The van der Waals surface area contributed by atoms with Gasteiger partial charge in [-0.15, -0.1) is 0 Å². The highest BCUT2D eigenvalue weighted by atomic mass is 35.5. The zero-order valence-corrected chi connectivity index (χ0v) is 27.0. The number of ether oxygens (including phenoxy) is 1. The molecule has 1 aliphatic carbocycles. The summed E-state index contributed by atoms with van der Waals surface area (Å²) in [4.78, 5) is 10.6. The van der Waals surface area contributed by atoms with Crippen molar-refractivity contribution in [3.63, 3.8) is 0 Å². The average Bonchev–Trinajstić information content (AvgIpc) is 3.46. The van der Waals surface area contributed by atoms with Gasteiger partial charge in [0.2, 0.25) is 0 Å². The van der Waals surface area contributed by atoms with Gasteiger partial charge in [-0.05, 0) is 63.4 Å². The fourth-order valence-electron chi connectivity index (χ4n) is 8.02. The van der Waals surface area contributed by atoms with Gasteiger partial charge < -0.3 is 4.74 Å². The topological polar surface area (TPSA) is 35.0 Å². The predicted molar refractivity (Wildman–Crippen MR) is 198 cm³/mol. The quantitative estimate of drug-likeness (QED) is 0.191. The third kappa shape index (κ3) is 4.09. The molecular weight excluding hydrogens is 620 g/mol. The van der Waals surface area contributed by atoms with Crippen LogP contribution in [0.1, 0.15) is 22.3 Å². The maximum Gasteiger partial charge on any atom is 0.161 e. The van der Waals surface area contributed by atoms with E-state index in [1.807, 2.05) is 24.3 Å². The van der Waals surface area contributed by atoms with Crippen LogP contribution in [0.25, 0.3) is 55.8 Å². The Morgan fingerprint density at radius 2 is 1.12 bits per heavy atom. The van der Waals surface area contributed by atoms with Crippen molar-refractivity contribution in [2.45, 2.75) is 5.41 Å². The van der Waals surface area contributed by atoms with Gasteiger partial charge in [-0.1, -0.05) is 145 Å². The van der Waals surface area contributed by atoms with Crippen LogP contribution in [0.3, 0.4) is 0 Å². The van der Waals surface area contributed by atoms with Gasteiger partial charge in [-0.3, -0.25) is 0 Å². The SMILES string of the molecule is Clc1ccc2c(c1)C1(c3ccccc3O2)c2ccccc2-c2c(-c3cc(-c4ccccc4)nc(-c4cccc5ccccc45)n3)cccc21. The molecule has 8 aromatic rings. The van der Waals surface area contributed by atoms with Crippen LogP contribution in [0.15, 0.2) is 164 Å². The molecule has 2 heterocycles. The molecule has 230 valence electrons. The van der Waals surface area contributed by atoms with Crippen molar-refractivity contribution < 1.29 is 4.74 Å². The normalized spacial score (nSPS) is 15.3. The van der Waals surface area contributed by atoms with Gasteiger partial charge in [-0.2, -0.15) is 0 Å². The number of fused-ring (bicyclic) bond motifs is 10. The van der Waals surface area contributed by atoms with Crippen LogP contribution >= 0.6 is 11.6 Å². The van der Waals surface area contributed by atoms with Gasteiger partial charge >= 0.3 is 0 Å². The molecule has 4 heteroatoms. The van der Waals surface area contributed by atoms with Crippen molar-refractivity contribution in [1.29, 1.82) is 0 Å². The van der Waals surface area contributed by atoms with Crippen molar-refractivity contribution in [1.82, 2.24) is 9.97 Å². The van der Waals surface area contributed by atoms with E-state index in [-0.39, 0.29) is 0 Å². The van der Waals surface area contributed by atoms with E-state index in [4.69, 9.17) is 26.3 Å². The first-order chi connectivity index (χ1) is 24.2. The predicted octanol–water partition coefficient (Wildman–Crippen LogP) is 11.8. The highest BCUT2D eigenvalue weighted by Crippen LogP contribution is 2.63. The lowest BCUT2D eigenvalue weighted by Gasteiger charge is -2.39. The Hall–Kier alpha value is -6.03. The second kappa shape index (κ2) is 10.7. The zero-order chi connectivity index (χ0) is 32.5. The number of hydrogen-bond acceptors (Lipinski definition) is 3. The smallest absolute Gasteiger partial charge is 0.161 e. The molecule has 2 aliphatic rings. The summed E-state index contributed by atoms with van der Waals surface area (Å²) in [5.74, 6) is 2.35. The summed E-state index contributed by atoms with van der Waals surface area (Å²) in [5, 5.41) is 2.95. The Balaban J connectivity index is 1.30. The van der Waals surface area contributed by atoms with Gasteiger partial charge in [0.1, 0.15) is 11.5 Å². The molecular formula is C45H27ClN2O. The third-order valence-electron chi connectivity index (χ3n) is 10.0. The molecule has 1 spiro atoms. The van der Waals surface area contributed by atoms with Gasteiger partial charge in [0, 0.05) is 32.8 Å². The van der Waals surface area contributed by atoms with E-state index < -0.39 is 5.41 Å². The van der Waals surface area contributed by atoms with Crippen LogP contribution in [0.5, 0.6) is 11.5 Å². The van der Waals surface area contributed by atoms with E-state index in [1.54, 1.807) is 0 Å². The molecule has 0 radical (unpaired) electrons. The molecule has 1 unspecified atom stereocenters. The molecule has 0 fully saturated rings. The Morgan fingerprint density at radius 3 is 2.04 bits per heavy atom. The van der Waals surface area contributed by atoms with Crippen LogP contribution in [-0.4, -0.2) is 9.97 Å². The van der Waals surface area contributed by atoms with Gasteiger partial charge in [0.25, 0.3) is 0 Å². The van der Waals surface area contributed by atoms with E-state index in [9.17, 15) is 0 Å². The van der Waals surface area contributed by atoms with Gasteiger partial charge in [0.15, 0.2) is 5.82 Å². The van der Waals surface area contributed by atoms with Crippen molar-refractivity contribution >= 4 is 22.4 Å². The lowest BCUT2D eigenvalue weighted by Crippen LogP contribution is -2.32. The van der Waals surface area contributed by atoms with Crippen LogP contribution in [0.4, 0.5) is 0 Å². The largest absolute Gasteiger partial charge is 0.457 e. The molecule has 10 rings (SSSR count). The molecule has 0 amide bonds. The fraction of sp³-hybridized carbons (Fsp3) is 0.0222. The lowest BCUT2D eigenvalue weighted by molar-refractivity contribution is 0.436. The molecule has 0 saturated carbocycles. The number of benzene rings is 7. The minimum atomic E-state index is -0.634. The van der Waals surface area contributed by atoms with E-state index in [1.165, 1.54) is 16.7 Å². The van der Waals surface area contributed by atoms with E-state index >= 15 is 0 Å². The maximum absolute atomic E-state index is 6.77. The highest BCUT2D eigenvalue weighted by molar-refractivity contribution is 6.30. The molecule has 7 aromatic carbocycles. The molecule has 0 bridgehead atoms. The summed E-state index contributed by atoms with van der Waals surface area (Å²) in [6.45, 7) is 0. The van der Waals surface area contributed by atoms with Crippen LogP contribution in [0, 0.1) is 0 Å². The lowest BCUT2D eigenvalue weighted by atomic mass is 9.66. The minimum absolute atomic E-state index is 0.634. The number of hydrogen-bond donors (Lipinski definition) is 0.